The number of carbonyl (C=O) groups is 1. The summed E-state index contributed by atoms with van der Waals surface area (Å²) in [4.78, 5) is 21.3. The number of carbonyl (C=O) groups excluding carboxylic acids is 1. The minimum Gasteiger partial charge on any atom is -0.352 e. The number of rotatable bonds is 2. The molecular weight excluding hydrogens is 260 g/mol. The van der Waals surface area contributed by atoms with Crippen molar-refractivity contribution in [2.75, 3.05) is 11.9 Å². The largest absolute Gasteiger partial charge is 0.352 e. The number of amides is 1. The van der Waals surface area contributed by atoms with Crippen LogP contribution in [0.2, 0.25) is 0 Å². The summed E-state index contributed by atoms with van der Waals surface area (Å²) in [5.74, 6) is 0.662. The molecule has 0 saturated heterocycles. The summed E-state index contributed by atoms with van der Waals surface area (Å²) in [7, 11) is 0. The highest BCUT2D eigenvalue weighted by atomic mass is 32.2. The summed E-state index contributed by atoms with van der Waals surface area (Å²) in [6, 6.07) is 5.58. The molecule has 0 saturated carbocycles. The Balaban J connectivity index is 1.94. The van der Waals surface area contributed by atoms with Gasteiger partial charge in [0, 0.05) is 29.4 Å². The lowest BCUT2D eigenvalue weighted by Crippen LogP contribution is -2.22. The highest BCUT2D eigenvalue weighted by Crippen LogP contribution is 2.41. The summed E-state index contributed by atoms with van der Waals surface area (Å²) in [5.41, 5.74) is 1.53. The number of hydrogen-bond donors (Lipinski definition) is 2. The third kappa shape index (κ3) is 2.26. The van der Waals surface area contributed by atoms with Gasteiger partial charge in [-0.15, -0.1) is 0 Å². The molecule has 1 aliphatic rings. The van der Waals surface area contributed by atoms with Gasteiger partial charge >= 0.3 is 0 Å². The van der Waals surface area contributed by atoms with Gasteiger partial charge in [-0.3, -0.25) is 4.79 Å². The Hall–Kier alpha value is -2.08. The molecule has 0 radical (unpaired) electrons. The van der Waals surface area contributed by atoms with Crippen molar-refractivity contribution in [3.05, 3.63) is 36.2 Å². The molecule has 1 aliphatic heterocycles. The maximum Gasteiger partial charge on any atom is 0.251 e. The van der Waals surface area contributed by atoms with Crippen molar-refractivity contribution in [2.45, 2.75) is 16.8 Å². The minimum atomic E-state index is -0.0676. The number of fused-ring (bicyclic) bond motifs is 2. The van der Waals surface area contributed by atoms with Crippen LogP contribution in [-0.2, 0) is 0 Å². The summed E-state index contributed by atoms with van der Waals surface area (Å²) in [6.07, 6.45) is 3.31. The van der Waals surface area contributed by atoms with E-state index >= 15 is 0 Å². The lowest BCUT2D eigenvalue weighted by Gasteiger charge is -2.19. The zero-order valence-corrected chi connectivity index (χ0v) is 11.1. The fourth-order valence-corrected chi connectivity index (χ4v) is 2.72. The van der Waals surface area contributed by atoms with E-state index in [1.54, 1.807) is 24.2 Å². The molecule has 1 aromatic carbocycles. The lowest BCUT2D eigenvalue weighted by atomic mass is 10.2. The second-order valence-electron chi connectivity index (χ2n) is 4.01. The maximum absolute atomic E-state index is 11.8. The van der Waals surface area contributed by atoms with E-state index < -0.39 is 0 Å². The van der Waals surface area contributed by atoms with Crippen LogP contribution in [0.3, 0.4) is 0 Å². The van der Waals surface area contributed by atoms with E-state index in [2.05, 4.69) is 20.6 Å². The maximum atomic E-state index is 11.8. The molecule has 96 valence electrons. The summed E-state index contributed by atoms with van der Waals surface area (Å²) in [6.45, 7) is 2.52. The highest BCUT2D eigenvalue weighted by molar-refractivity contribution is 7.99. The van der Waals surface area contributed by atoms with Gasteiger partial charge in [0.05, 0.1) is 5.69 Å². The second-order valence-corrected chi connectivity index (χ2v) is 5.04. The molecule has 0 unspecified atom stereocenters. The molecule has 0 spiro atoms. The van der Waals surface area contributed by atoms with Gasteiger partial charge in [0.2, 0.25) is 0 Å². The summed E-state index contributed by atoms with van der Waals surface area (Å²) in [5, 5.41) is 6.84. The Morgan fingerprint density at radius 3 is 3.05 bits per heavy atom. The van der Waals surface area contributed by atoms with Gasteiger partial charge in [0.15, 0.2) is 5.82 Å². The zero-order chi connectivity index (χ0) is 13.2. The number of aromatic nitrogens is 2. The highest BCUT2D eigenvalue weighted by Gasteiger charge is 2.18. The molecule has 1 aromatic heterocycles. The van der Waals surface area contributed by atoms with Crippen LogP contribution in [0.1, 0.15) is 17.3 Å². The average Bonchev–Trinajstić information content (AvgIpc) is 2.44. The predicted octanol–water partition coefficient (Wildman–Crippen LogP) is 2.43. The Morgan fingerprint density at radius 2 is 2.21 bits per heavy atom. The molecule has 0 atom stereocenters. The van der Waals surface area contributed by atoms with Crippen LogP contribution >= 0.6 is 11.8 Å². The van der Waals surface area contributed by atoms with Crippen LogP contribution in [0.25, 0.3) is 0 Å². The first-order valence-corrected chi connectivity index (χ1v) is 6.77. The third-order valence-electron chi connectivity index (χ3n) is 2.70. The predicted molar refractivity (Wildman–Crippen MR) is 73.9 cm³/mol. The van der Waals surface area contributed by atoms with Gasteiger partial charge in [-0.25, -0.2) is 9.97 Å². The SMILES string of the molecule is CCNC(=O)c1ccc2c(c1)Nc1nccnc1S2. The number of nitrogens with zero attached hydrogens (tertiary/aromatic N) is 2. The van der Waals surface area contributed by atoms with Gasteiger partial charge in [0.1, 0.15) is 5.03 Å². The Morgan fingerprint density at radius 1 is 1.37 bits per heavy atom. The normalized spacial score (nSPS) is 12.1. The molecule has 2 heterocycles. The van der Waals surface area contributed by atoms with Crippen LogP contribution in [0.4, 0.5) is 11.5 Å². The van der Waals surface area contributed by atoms with E-state index in [-0.39, 0.29) is 5.91 Å². The minimum absolute atomic E-state index is 0.0676. The molecule has 0 fully saturated rings. The molecule has 5 nitrogen and oxygen atoms in total. The van der Waals surface area contributed by atoms with Crippen molar-refractivity contribution < 1.29 is 4.79 Å². The number of nitrogens with one attached hydrogen (secondary N) is 2. The topological polar surface area (TPSA) is 66.9 Å². The van der Waals surface area contributed by atoms with Crippen LogP contribution in [0.5, 0.6) is 0 Å². The van der Waals surface area contributed by atoms with E-state index in [9.17, 15) is 4.79 Å². The average molecular weight is 272 g/mol. The fourth-order valence-electron chi connectivity index (χ4n) is 1.84. The molecule has 2 aromatic rings. The van der Waals surface area contributed by atoms with Crippen molar-refractivity contribution in [2.24, 2.45) is 0 Å². The van der Waals surface area contributed by atoms with Crippen molar-refractivity contribution in [3.8, 4) is 0 Å². The molecule has 19 heavy (non-hydrogen) atoms. The number of benzene rings is 1. The molecule has 6 heteroatoms. The van der Waals surface area contributed by atoms with Gasteiger partial charge in [-0.1, -0.05) is 11.8 Å². The van der Waals surface area contributed by atoms with Crippen molar-refractivity contribution in [1.82, 2.24) is 15.3 Å². The number of hydrogen-bond acceptors (Lipinski definition) is 5. The first-order chi connectivity index (χ1) is 9.28. The van der Waals surface area contributed by atoms with E-state index in [4.69, 9.17) is 0 Å². The first kappa shape index (κ1) is 12.0. The third-order valence-corrected chi connectivity index (χ3v) is 3.77. The quantitative estimate of drug-likeness (QED) is 0.750. The monoisotopic (exact) mass is 272 g/mol. The molecule has 1 amide bonds. The lowest BCUT2D eigenvalue weighted by molar-refractivity contribution is 0.0956. The number of anilines is 2. The van der Waals surface area contributed by atoms with Gasteiger partial charge in [0.25, 0.3) is 5.91 Å². The van der Waals surface area contributed by atoms with Crippen molar-refractivity contribution >= 4 is 29.2 Å². The van der Waals surface area contributed by atoms with Crippen molar-refractivity contribution in [1.29, 1.82) is 0 Å². The van der Waals surface area contributed by atoms with Gasteiger partial charge in [-0.2, -0.15) is 0 Å². The Kier molecular flexibility index (Phi) is 3.08. The van der Waals surface area contributed by atoms with Crippen LogP contribution in [0, 0.1) is 0 Å². The van der Waals surface area contributed by atoms with E-state index in [1.807, 2.05) is 25.1 Å². The van der Waals surface area contributed by atoms with Gasteiger partial charge < -0.3 is 10.6 Å². The fraction of sp³-hybridized carbons (Fsp3) is 0.154. The standard InChI is InChI=1S/C13H12N4OS/c1-2-14-12(18)8-3-4-10-9(7-8)17-11-13(19-10)16-6-5-15-11/h3-7H,2H2,1H3,(H,14,18)(H,15,17). The molecular formula is C13H12N4OS. The van der Waals surface area contributed by atoms with Crippen LogP contribution < -0.4 is 10.6 Å². The smallest absolute Gasteiger partial charge is 0.251 e. The van der Waals surface area contributed by atoms with E-state index in [0.29, 0.717) is 12.1 Å². The van der Waals surface area contributed by atoms with E-state index in [0.717, 1.165) is 21.4 Å². The van der Waals surface area contributed by atoms with Crippen LogP contribution in [-0.4, -0.2) is 22.4 Å². The molecule has 3 rings (SSSR count). The molecule has 0 bridgehead atoms. The van der Waals surface area contributed by atoms with Gasteiger partial charge in [-0.05, 0) is 25.1 Å². The summed E-state index contributed by atoms with van der Waals surface area (Å²) < 4.78 is 0. The Bertz CT molecular complexity index is 644. The molecule has 2 N–H and O–H groups in total. The zero-order valence-electron chi connectivity index (χ0n) is 10.3. The molecule has 0 aliphatic carbocycles. The Labute approximate surface area is 114 Å². The van der Waals surface area contributed by atoms with E-state index in [1.165, 1.54) is 0 Å². The second kappa shape index (κ2) is 4.89. The summed E-state index contributed by atoms with van der Waals surface area (Å²) >= 11 is 1.55. The first-order valence-electron chi connectivity index (χ1n) is 5.96. The van der Waals surface area contributed by atoms with Crippen LogP contribution in [0.15, 0.2) is 40.5 Å². The van der Waals surface area contributed by atoms with Crippen molar-refractivity contribution in [3.63, 3.8) is 0 Å².